The number of hydrogen-bond donors (Lipinski definition) is 1. The average Bonchev–Trinajstić information content (AvgIpc) is 2.18. The molecule has 0 aromatic heterocycles. The van der Waals surface area contributed by atoms with Crippen molar-refractivity contribution in [3.63, 3.8) is 0 Å². The molecule has 0 aliphatic heterocycles. The lowest BCUT2D eigenvalue weighted by Crippen LogP contribution is -1.98. The zero-order valence-corrected chi connectivity index (χ0v) is 9.82. The Labute approximate surface area is 92.3 Å². The van der Waals surface area contributed by atoms with Crippen LogP contribution in [0.4, 0.5) is 0 Å². The Bertz CT molecular complexity index is 242. The second-order valence-corrected chi connectivity index (χ2v) is 3.10. The molecule has 0 aromatic rings. The SMILES string of the molecule is C\C=C/C(N)=C\C(=C\OC)OCCCC. The Morgan fingerprint density at radius 3 is 2.67 bits per heavy atom. The number of nitrogens with two attached hydrogens (primary N) is 1. The van der Waals surface area contributed by atoms with Crippen LogP contribution < -0.4 is 5.73 Å². The van der Waals surface area contributed by atoms with E-state index >= 15 is 0 Å². The Balaban J connectivity index is 4.27. The molecule has 3 heteroatoms. The smallest absolute Gasteiger partial charge is 0.155 e. The van der Waals surface area contributed by atoms with Crippen LogP contribution in [0.2, 0.25) is 0 Å². The highest BCUT2D eigenvalue weighted by Crippen LogP contribution is 2.04. The molecule has 0 atom stereocenters. The summed E-state index contributed by atoms with van der Waals surface area (Å²) in [7, 11) is 1.59. The molecule has 15 heavy (non-hydrogen) atoms. The van der Waals surface area contributed by atoms with Crippen LogP contribution in [0.5, 0.6) is 0 Å². The normalized spacial score (nSPS) is 13.3. The van der Waals surface area contributed by atoms with Crippen molar-refractivity contribution in [3.8, 4) is 0 Å². The topological polar surface area (TPSA) is 44.5 Å². The Morgan fingerprint density at radius 1 is 1.40 bits per heavy atom. The van der Waals surface area contributed by atoms with E-state index in [2.05, 4.69) is 6.92 Å². The Morgan fingerprint density at radius 2 is 2.13 bits per heavy atom. The van der Waals surface area contributed by atoms with Gasteiger partial charge >= 0.3 is 0 Å². The van der Waals surface area contributed by atoms with Gasteiger partial charge in [0, 0.05) is 11.8 Å². The van der Waals surface area contributed by atoms with Gasteiger partial charge in [-0.3, -0.25) is 0 Å². The molecule has 0 saturated heterocycles. The first kappa shape index (κ1) is 13.6. The van der Waals surface area contributed by atoms with Crippen LogP contribution >= 0.6 is 0 Å². The van der Waals surface area contributed by atoms with Crippen molar-refractivity contribution >= 4 is 0 Å². The van der Waals surface area contributed by atoms with E-state index in [9.17, 15) is 0 Å². The van der Waals surface area contributed by atoms with Crippen molar-refractivity contribution in [2.75, 3.05) is 13.7 Å². The minimum atomic E-state index is 0.650. The average molecular weight is 211 g/mol. The maximum atomic E-state index is 5.72. The summed E-state index contributed by atoms with van der Waals surface area (Å²) in [5.41, 5.74) is 6.37. The highest BCUT2D eigenvalue weighted by Gasteiger charge is 1.95. The van der Waals surface area contributed by atoms with Crippen molar-refractivity contribution < 1.29 is 9.47 Å². The summed E-state index contributed by atoms with van der Waals surface area (Å²) in [6.07, 6.45) is 9.12. The van der Waals surface area contributed by atoms with Crippen LogP contribution in [-0.4, -0.2) is 13.7 Å². The third-order valence-electron chi connectivity index (χ3n) is 1.67. The van der Waals surface area contributed by atoms with Gasteiger partial charge in [-0.2, -0.15) is 0 Å². The van der Waals surface area contributed by atoms with Crippen molar-refractivity contribution in [1.29, 1.82) is 0 Å². The Hall–Kier alpha value is -1.38. The molecule has 0 fully saturated rings. The predicted octanol–water partition coefficient (Wildman–Crippen LogP) is 2.71. The van der Waals surface area contributed by atoms with Crippen LogP contribution in [0.25, 0.3) is 0 Å². The number of hydrogen-bond acceptors (Lipinski definition) is 3. The van der Waals surface area contributed by atoms with E-state index in [0.29, 0.717) is 18.1 Å². The van der Waals surface area contributed by atoms with Gasteiger partial charge in [0.1, 0.15) is 6.26 Å². The second-order valence-electron chi connectivity index (χ2n) is 3.10. The summed E-state index contributed by atoms with van der Waals surface area (Å²) in [5, 5.41) is 0. The molecule has 0 bridgehead atoms. The third kappa shape index (κ3) is 7.67. The molecule has 2 N–H and O–H groups in total. The fourth-order valence-corrected chi connectivity index (χ4v) is 0.965. The van der Waals surface area contributed by atoms with Crippen LogP contribution in [0.3, 0.4) is 0 Å². The molecule has 0 saturated carbocycles. The summed E-state index contributed by atoms with van der Waals surface area (Å²) in [5.74, 6) is 0.654. The minimum absolute atomic E-state index is 0.650. The van der Waals surface area contributed by atoms with Gasteiger partial charge < -0.3 is 15.2 Å². The van der Waals surface area contributed by atoms with Gasteiger partial charge in [-0.1, -0.05) is 19.4 Å². The summed E-state index contributed by atoms with van der Waals surface area (Å²) in [4.78, 5) is 0. The maximum absolute atomic E-state index is 5.72. The Kier molecular flexibility index (Phi) is 8.34. The fourth-order valence-electron chi connectivity index (χ4n) is 0.965. The van der Waals surface area contributed by atoms with E-state index in [1.165, 1.54) is 0 Å². The molecule has 0 spiro atoms. The number of ether oxygens (including phenoxy) is 2. The van der Waals surface area contributed by atoms with Gasteiger partial charge in [0.05, 0.1) is 13.7 Å². The standard InChI is InChI=1S/C12H21NO2/c1-4-6-8-15-12(10-14-3)9-11(13)7-5-2/h5,7,9-10H,4,6,8,13H2,1-3H3/b7-5-,11-9+,12-10-. The first-order valence-electron chi connectivity index (χ1n) is 5.20. The van der Waals surface area contributed by atoms with Gasteiger partial charge in [-0.25, -0.2) is 0 Å². The lowest BCUT2D eigenvalue weighted by Gasteiger charge is -2.06. The zero-order valence-electron chi connectivity index (χ0n) is 9.82. The van der Waals surface area contributed by atoms with E-state index in [4.69, 9.17) is 15.2 Å². The van der Waals surface area contributed by atoms with Crippen molar-refractivity contribution in [2.24, 2.45) is 5.73 Å². The van der Waals surface area contributed by atoms with E-state index in [-0.39, 0.29) is 0 Å². The van der Waals surface area contributed by atoms with Crippen LogP contribution in [0.15, 0.2) is 35.9 Å². The molecule has 0 aliphatic carbocycles. The molecule has 0 rings (SSSR count). The van der Waals surface area contributed by atoms with Gasteiger partial charge in [0.25, 0.3) is 0 Å². The number of unbranched alkanes of at least 4 members (excludes halogenated alkanes) is 1. The fraction of sp³-hybridized carbons (Fsp3) is 0.500. The first-order valence-corrected chi connectivity index (χ1v) is 5.20. The van der Waals surface area contributed by atoms with Gasteiger partial charge in [-0.15, -0.1) is 0 Å². The van der Waals surface area contributed by atoms with Crippen LogP contribution in [0, 0.1) is 0 Å². The highest BCUT2D eigenvalue weighted by atomic mass is 16.5. The molecule has 3 nitrogen and oxygen atoms in total. The summed E-state index contributed by atoms with van der Waals surface area (Å²) in [6, 6.07) is 0. The summed E-state index contributed by atoms with van der Waals surface area (Å²) < 4.78 is 10.4. The molecule has 86 valence electrons. The molecule has 0 radical (unpaired) electrons. The molecule has 0 amide bonds. The second kappa shape index (κ2) is 9.19. The van der Waals surface area contributed by atoms with E-state index < -0.39 is 0 Å². The third-order valence-corrected chi connectivity index (χ3v) is 1.67. The van der Waals surface area contributed by atoms with Crippen molar-refractivity contribution in [1.82, 2.24) is 0 Å². The molecule has 0 unspecified atom stereocenters. The quantitative estimate of drug-likeness (QED) is 0.400. The maximum Gasteiger partial charge on any atom is 0.155 e. The molecular formula is C12H21NO2. The van der Waals surface area contributed by atoms with E-state index in [1.807, 2.05) is 19.1 Å². The van der Waals surface area contributed by atoms with E-state index in [0.717, 1.165) is 12.8 Å². The van der Waals surface area contributed by atoms with Crippen LogP contribution in [-0.2, 0) is 9.47 Å². The molecule has 0 aliphatic rings. The largest absolute Gasteiger partial charge is 0.501 e. The number of methoxy groups -OCH3 is 1. The monoisotopic (exact) mass is 211 g/mol. The summed E-state index contributed by atoms with van der Waals surface area (Å²) >= 11 is 0. The number of rotatable bonds is 7. The lowest BCUT2D eigenvalue weighted by molar-refractivity contribution is 0.199. The molecular weight excluding hydrogens is 190 g/mol. The van der Waals surface area contributed by atoms with Crippen LogP contribution in [0.1, 0.15) is 26.7 Å². The lowest BCUT2D eigenvalue weighted by atomic mass is 10.3. The first-order chi connectivity index (χ1) is 7.24. The summed E-state index contributed by atoms with van der Waals surface area (Å²) in [6.45, 7) is 4.72. The van der Waals surface area contributed by atoms with Crippen molar-refractivity contribution in [3.05, 3.63) is 35.9 Å². The van der Waals surface area contributed by atoms with Gasteiger partial charge in [0.2, 0.25) is 0 Å². The van der Waals surface area contributed by atoms with Gasteiger partial charge in [-0.05, 0) is 19.4 Å². The molecule has 0 aromatic carbocycles. The van der Waals surface area contributed by atoms with Crippen molar-refractivity contribution in [2.45, 2.75) is 26.7 Å². The van der Waals surface area contributed by atoms with Gasteiger partial charge in [0.15, 0.2) is 5.76 Å². The highest BCUT2D eigenvalue weighted by molar-refractivity contribution is 5.23. The predicted molar refractivity (Wildman–Crippen MR) is 63.0 cm³/mol. The minimum Gasteiger partial charge on any atom is -0.501 e. The van der Waals surface area contributed by atoms with E-state index in [1.54, 1.807) is 19.4 Å². The number of allylic oxidation sites excluding steroid dienone is 3. The zero-order chi connectivity index (χ0) is 11.5. The molecule has 0 heterocycles.